The first-order valence-electron chi connectivity index (χ1n) is 7.54. The van der Waals surface area contributed by atoms with E-state index in [1.807, 2.05) is 0 Å². The van der Waals surface area contributed by atoms with Crippen molar-refractivity contribution in [3.05, 3.63) is 29.8 Å². The molecule has 0 aliphatic carbocycles. The Morgan fingerprint density at radius 3 is 2.79 bits per heavy atom. The summed E-state index contributed by atoms with van der Waals surface area (Å²) in [5.74, 6) is 1.19. The highest BCUT2D eigenvalue weighted by Crippen LogP contribution is 2.33. The minimum Gasteiger partial charge on any atom is -0.508 e. The Morgan fingerprint density at radius 1 is 1.32 bits per heavy atom. The molecule has 0 aromatic heterocycles. The molecule has 2 N–H and O–H groups in total. The molecular formula is C16H24N2O. The highest BCUT2D eigenvalue weighted by molar-refractivity contribution is 5.28. The number of hydrogen-bond donors (Lipinski definition) is 2. The summed E-state index contributed by atoms with van der Waals surface area (Å²) in [6.07, 6.45) is 3.83. The first kappa shape index (κ1) is 12.9. The maximum atomic E-state index is 9.42. The van der Waals surface area contributed by atoms with Crippen molar-refractivity contribution in [2.24, 2.45) is 5.92 Å². The van der Waals surface area contributed by atoms with Gasteiger partial charge in [-0.05, 0) is 49.4 Å². The second kappa shape index (κ2) is 5.51. The Morgan fingerprint density at radius 2 is 2.11 bits per heavy atom. The molecule has 0 radical (unpaired) electrons. The van der Waals surface area contributed by atoms with Crippen molar-refractivity contribution in [2.45, 2.75) is 38.3 Å². The molecule has 3 rings (SSSR count). The summed E-state index contributed by atoms with van der Waals surface area (Å²) in [7, 11) is 0. The standard InChI is InChI=1S/C16H24N2O/c1-2-16(12-5-7-14(19)8-6-12)18-10-13-4-3-9-17-15(13)11-18/h5-8,13,15-17,19H,2-4,9-11H2,1H3/t13-,15+,16?/m0/s1. The van der Waals surface area contributed by atoms with Gasteiger partial charge in [-0.3, -0.25) is 4.90 Å². The number of likely N-dealkylation sites (tertiary alicyclic amines) is 1. The SMILES string of the molecule is CCC(c1ccc(O)cc1)N1C[C@@H]2CCCN[C@@H]2C1. The van der Waals surface area contributed by atoms with Crippen LogP contribution < -0.4 is 5.32 Å². The average Bonchev–Trinajstić information content (AvgIpc) is 2.85. The van der Waals surface area contributed by atoms with Crippen LogP contribution in [0.15, 0.2) is 24.3 Å². The fourth-order valence-corrected chi connectivity index (χ4v) is 3.74. The smallest absolute Gasteiger partial charge is 0.115 e. The maximum absolute atomic E-state index is 9.42. The summed E-state index contributed by atoms with van der Waals surface area (Å²) < 4.78 is 0. The largest absolute Gasteiger partial charge is 0.508 e. The Bertz CT molecular complexity index is 403. The van der Waals surface area contributed by atoms with E-state index in [4.69, 9.17) is 0 Å². The van der Waals surface area contributed by atoms with E-state index in [1.165, 1.54) is 38.0 Å². The van der Waals surface area contributed by atoms with Crippen molar-refractivity contribution in [1.82, 2.24) is 10.2 Å². The fourth-order valence-electron chi connectivity index (χ4n) is 3.74. The topological polar surface area (TPSA) is 35.5 Å². The lowest BCUT2D eigenvalue weighted by molar-refractivity contribution is 0.228. The van der Waals surface area contributed by atoms with Gasteiger partial charge in [0, 0.05) is 25.2 Å². The summed E-state index contributed by atoms with van der Waals surface area (Å²) in [6, 6.07) is 8.93. The molecule has 2 aliphatic heterocycles. The van der Waals surface area contributed by atoms with Gasteiger partial charge in [-0.25, -0.2) is 0 Å². The van der Waals surface area contributed by atoms with Crippen molar-refractivity contribution >= 4 is 0 Å². The number of nitrogens with one attached hydrogen (secondary N) is 1. The normalized spacial score (nSPS) is 29.1. The number of hydrogen-bond acceptors (Lipinski definition) is 3. The number of fused-ring (bicyclic) bond motifs is 1. The molecular weight excluding hydrogens is 236 g/mol. The molecule has 0 bridgehead atoms. The lowest BCUT2D eigenvalue weighted by atomic mass is 9.94. The summed E-state index contributed by atoms with van der Waals surface area (Å²) in [5.41, 5.74) is 1.33. The van der Waals surface area contributed by atoms with E-state index < -0.39 is 0 Å². The van der Waals surface area contributed by atoms with E-state index in [0.717, 1.165) is 12.3 Å². The summed E-state index contributed by atoms with van der Waals surface area (Å²) in [6.45, 7) is 5.83. The number of piperidine rings is 1. The molecule has 3 heteroatoms. The lowest BCUT2D eigenvalue weighted by Gasteiger charge is -2.27. The van der Waals surface area contributed by atoms with Gasteiger partial charge in [0.05, 0.1) is 0 Å². The van der Waals surface area contributed by atoms with Crippen molar-refractivity contribution < 1.29 is 5.11 Å². The van der Waals surface area contributed by atoms with E-state index >= 15 is 0 Å². The van der Waals surface area contributed by atoms with E-state index in [2.05, 4.69) is 29.3 Å². The zero-order chi connectivity index (χ0) is 13.2. The van der Waals surface area contributed by atoms with Gasteiger partial charge in [0.2, 0.25) is 0 Å². The highest BCUT2D eigenvalue weighted by Gasteiger charge is 2.36. The van der Waals surface area contributed by atoms with Crippen LogP contribution in [-0.2, 0) is 0 Å². The molecule has 104 valence electrons. The van der Waals surface area contributed by atoms with Crippen molar-refractivity contribution in [2.75, 3.05) is 19.6 Å². The van der Waals surface area contributed by atoms with Gasteiger partial charge in [0.15, 0.2) is 0 Å². The molecule has 1 aromatic carbocycles. The second-order valence-corrected chi connectivity index (χ2v) is 5.93. The van der Waals surface area contributed by atoms with Crippen LogP contribution in [0.4, 0.5) is 0 Å². The van der Waals surface area contributed by atoms with Gasteiger partial charge in [-0.2, -0.15) is 0 Å². The quantitative estimate of drug-likeness (QED) is 0.876. The minimum atomic E-state index is 0.357. The van der Waals surface area contributed by atoms with Crippen LogP contribution in [0.2, 0.25) is 0 Å². The van der Waals surface area contributed by atoms with Crippen LogP contribution in [0.1, 0.15) is 37.8 Å². The molecule has 3 nitrogen and oxygen atoms in total. The highest BCUT2D eigenvalue weighted by atomic mass is 16.3. The van der Waals surface area contributed by atoms with Gasteiger partial charge >= 0.3 is 0 Å². The number of aromatic hydroxyl groups is 1. The van der Waals surface area contributed by atoms with E-state index in [0.29, 0.717) is 17.8 Å². The van der Waals surface area contributed by atoms with Gasteiger partial charge in [-0.15, -0.1) is 0 Å². The molecule has 1 aromatic rings. The molecule has 2 saturated heterocycles. The molecule has 0 amide bonds. The second-order valence-electron chi connectivity index (χ2n) is 5.93. The predicted molar refractivity (Wildman–Crippen MR) is 77.2 cm³/mol. The lowest BCUT2D eigenvalue weighted by Crippen LogP contribution is -2.40. The van der Waals surface area contributed by atoms with Crippen molar-refractivity contribution in [3.8, 4) is 5.75 Å². The van der Waals surface area contributed by atoms with Gasteiger partial charge in [0.25, 0.3) is 0 Å². The predicted octanol–water partition coefficient (Wildman–Crippen LogP) is 2.53. The number of phenols is 1. The molecule has 19 heavy (non-hydrogen) atoms. The van der Waals surface area contributed by atoms with Gasteiger partial charge in [0.1, 0.15) is 5.75 Å². The third kappa shape index (κ3) is 2.63. The zero-order valence-electron chi connectivity index (χ0n) is 11.7. The van der Waals surface area contributed by atoms with Gasteiger partial charge in [-0.1, -0.05) is 19.1 Å². The first-order chi connectivity index (χ1) is 9.28. The monoisotopic (exact) mass is 260 g/mol. The van der Waals surface area contributed by atoms with Gasteiger partial charge < -0.3 is 10.4 Å². The van der Waals surface area contributed by atoms with Crippen molar-refractivity contribution in [1.29, 1.82) is 0 Å². The molecule has 0 spiro atoms. The summed E-state index contributed by atoms with van der Waals surface area (Å²) in [5, 5.41) is 13.1. The molecule has 2 heterocycles. The number of nitrogens with zero attached hydrogens (tertiary/aromatic N) is 1. The van der Waals surface area contributed by atoms with Crippen LogP contribution in [0.25, 0.3) is 0 Å². The zero-order valence-corrected chi connectivity index (χ0v) is 11.7. The average molecular weight is 260 g/mol. The van der Waals surface area contributed by atoms with E-state index in [9.17, 15) is 5.11 Å². The fraction of sp³-hybridized carbons (Fsp3) is 0.625. The first-order valence-corrected chi connectivity index (χ1v) is 7.54. The Balaban J connectivity index is 1.74. The number of phenolic OH excluding ortho intramolecular Hbond substituents is 1. The minimum absolute atomic E-state index is 0.357. The van der Waals surface area contributed by atoms with Crippen LogP contribution in [-0.4, -0.2) is 35.7 Å². The third-order valence-corrected chi connectivity index (χ3v) is 4.73. The Hall–Kier alpha value is -1.06. The van der Waals surface area contributed by atoms with E-state index in [1.54, 1.807) is 12.1 Å². The van der Waals surface area contributed by atoms with Crippen LogP contribution >= 0.6 is 0 Å². The Kier molecular flexibility index (Phi) is 3.76. The van der Waals surface area contributed by atoms with Crippen LogP contribution in [0.3, 0.4) is 0 Å². The third-order valence-electron chi connectivity index (χ3n) is 4.73. The number of benzene rings is 1. The Labute approximate surface area is 115 Å². The molecule has 3 atom stereocenters. The molecule has 2 aliphatic rings. The maximum Gasteiger partial charge on any atom is 0.115 e. The van der Waals surface area contributed by atoms with Crippen molar-refractivity contribution in [3.63, 3.8) is 0 Å². The molecule has 0 saturated carbocycles. The molecule has 1 unspecified atom stereocenters. The summed E-state index contributed by atoms with van der Waals surface area (Å²) >= 11 is 0. The summed E-state index contributed by atoms with van der Waals surface area (Å²) in [4.78, 5) is 2.63. The molecule has 2 fully saturated rings. The van der Waals surface area contributed by atoms with Crippen LogP contribution in [0.5, 0.6) is 5.75 Å². The van der Waals surface area contributed by atoms with Crippen LogP contribution in [0, 0.1) is 5.92 Å². The number of rotatable bonds is 3. The van der Waals surface area contributed by atoms with E-state index in [-0.39, 0.29) is 0 Å².